The molecule has 0 aliphatic heterocycles. The first kappa shape index (κ1) is 11.9. The van der Waals surface area contributed by atoms with Gasteiger partial charge in [-0.05, 0) is 13.3 Å². The molecule has 15 heavy (non-hydrogen) atoms. The van der Waals surface area contributed by atoms with Gasteiger partial charge in [0.15, 0.2) is 5.16 Å². The Morgan fingerprint density at radius 2 is 2.33 bits per heavy atom. The monoisotopic (exact) mass is 222 g/mol. The minimum atomic E-state index is -0.0381. The number of aromatic amines is 1. The molecule has 80 valence electrons. The van der Waals surface area contributed by atoms with E-state index in [1.165, 1.54) is 11.8 Å². The lowest BCUT2D eigenvalue weighted by Gasteiger charge is -2.04. The van der Waals surface area contributed by atoms with Crippen LogP contribution in [-0.2, 0) is 6.42 Å². The van der Waals surface area contributed by atoms with Crippen molar-refractivity contribution in [3.8, 4) is 12.3 Å². The number of nitrogens with zero attached hydrogens (tertiary/aromatic N) is 1. The van der Waals surface area contributed by atoms with Crippen LogP contribution in [0.4, 0.5) is 0 Å². The molecule has 1 aromatic heterocycles. The number of aromatic nitrogens is 2. The summed E-state index contributed by atoms with van der Waals surface area (Å²) in [5.41, 5.74) is 1.55. The zero-order valence-corrected chi connectivity index (χ0v) is 9.78. The maximum Gasteiger partial charge on any atom is 0.254 e. The number of hydrogen-bond acceptors (Lipinski definition) is 3. The molecule has 0 aliphatic carbocycles. The Bertz CT molecular complexity index is 431. The van der Waals surface area contributed by atoms with Crippen molar-refractivity contribution in [1.29, 1.82) is 0 Å². The molecule has 0 aliphatic rings. The quantitative estimate of drug-likeness (QED) is 0.479. The number of rotatable bonds is 4. The lowest BCUT2D eigenvalue weighted by Crippen LogP contribution is -2.17. The van der Waals surface area contributed by atoms with Gasteiger partial charge in [-0.3, -0.25) is 4.79 Å². The highest BCUT2D eigenvalue weighted by molar-refractivity contribution is 7.99. The smallest absolute Gasteiger partial charge is 0.254 e. The van der Waals surface area contributed by atoms with Crippen LogP contribution in [0.15, 0.2) is 9.95 Å². The number of nitrogens with one attached hydrogen (secondary N) is 1. The average Bonchev–Trinajstić information content (AvgIpc) is 2.20. The van der Waals surface area contributed by atoms with Crippen molar-refractivity contribution in [2.75, 3.05) is 5.75 Å². The number of thioether (sulfide) groups is 1. The Morgan fingerprint density at radius 1 is 1.60 bits per heavy atom. The van der Waals surface area contributed by atoms with Gasteiger partial charge in [0.05, 0.1) is 5.75 Å². The van der Waals surface area contributed by atoms with E-state index in [1.807, 2.05) is 13.8 Å². The van der Waals surface area contributed by atoms with E-state index in [9.17, 15) is 4.79 Å². The number of aryl methyl sites for hydroxylation is 1. The van der Waals surface area contributed by atoms with E-state index >= 15 is 0 Å². The highest BCUT2D eigenvalue weighted by Gasteiger charge is 2.06. The summed E-state index contributed by atoms with van der Waals surface area (Å²) in [4.78, 5) is 18.7. The summed E-state index contributed by atoms with van der Waals surface area (Å²) in [7, 11) is 0. The fourth-order valence-corrected chi connectivity index (χ4v) is 1.89. The Hall–Kier alpha value is -1.21. The van der Waals surface area contributed by atoms with E-state index in [2.05, 4.69) is 15.9 Å². The SMILES string of the molecule is C#CCSc1nc(C)c(CCC)c(=O)[nH]1. The van der Waals surface area contributed by atoms with Crippen molar-refractivity contribution < 1.29 is 0 Å². The van der Waals surface area contributed by atoms with Gasteiger partial charge < -0.3 is 4.98 Å². The molecule has 0 fully saturated rings. The molecule has 1 aromatic rings. The van der Waals surface area contributed by atoms with Crippen molar-refractivity contribution in [3.05, 3.63) is 21.6 Å². The van der Waals surface area contributed by atoms with Gasteiger partial charge in [-0.25, -0.2) is 4.98 Å². The van der Waals surface area contributed by atoms with Crippen LogP contribution < -0.4 is 5.56 Å². The van der Waals surface area contributed by atoms with Gasteiger partial charge >= 0.3 is 0 Å². The summed E-state index contributed by atoms with van der Waals surface area (Å²) >= 11 is 1.37. The second-order valence-electron chi connectivity index (χ2n) is 3.18. The third-order valence-corrected chi connectivity index (χ3v) is 2.77. The fraction of sp³-hybridized carbons (Fsp3) is 0.455. The lowest BCUT2D eigenvalue weighted by atomic mass is 10.1. The van der Waals surface area contributed by atoms with Crippen LogP contribution in [0.2, 0.25) is 0 Å². The maximum absolute atomic E-state index is 11.7. The first-order chi connectivity index (χ1) is 7.19. The summed E-state index contributed by atoms with van der Waals surface area (Å²) < 4.78 is 0. The van der Waals surface area contributed by atoms with Crippen LogP contribution >= 0.6 is 11.8 Å². The molecule has 0 amide bonds. The molecule has 0 bridgehead atoms. The summed E-state index contributed by atoms with van der Waals surface area (Å²) in [5.74, 6) is 3.02. The van der Waals surface area contributed by atoms with E-state index in [0.29, 0.717) is 10.9 Å². The first-order valence-corrected chi connectivity index (χ1v) is 5.83. The number of H-pyrrole nitrogens is 1. The van der Waals surface area contributed by atoms with Gasteiger partial charge in [-0.15, -0.1) is 6.42 Å². The molecule has 1 rings (SSSR count). The Balaban J connectivity index is 2.98. The minimum Gasteiger partial charge on any atom is -0.301 e. The molecule has 3 nitrogen and oxygen atoms in total. The summed E-state index contributed by atoms with van der Waals surface area (Å²) in [6, 6.07) is 0. The standard InChI is InChI=1S/C11H14N2OS/c1-4-6-9-8(3)12-11(13-10(9)14)15-7-5-2/h2H,4,6-7H2,1,3H3,(H,12,13,14). The molecule has 1 heterocycles. The summed E-state index contributed by atoms with van der Waals surface area (Å²) in [5, 5.41) is 0.607. The molecule has 0 radical (unpaired) electrons. The van der Waals surface area contributed by atoms with E-state index in [4.69, 9.17) is 6.42 Å². The molecule has 0 saturated heterocycles. The van der Waals surface area contributed by atoms with Crippen LogP contribution in [0, 0.1) is 19.3 Å². The van der Waals surface area contributed by atoms with Crippen LogP contribution in [-0.4, -0.2) is 15.7 Å². The highest BCUT2D eigenvalue weighted by Crippen LogP contribution is 2.12. The Labute approximate surface area is 93.7 Å². The van der Waals surface area contributed by atoms with Crippen LogP contribution in [0.5, 0.6) is 0 Å². The molecule has 0 saturated carbocycles. The molecular weight excluding hydrogens is 208 g/mol. The Kier molecular flexibility index (Phi) is 4.44. The molecular formula is C11H14N2OS. The fourth-order valence-electron chi connectivity index (χ4n) is 1.31. The maximum atomic E-state index is 11.7. The van der Waals surface area contributed by atoms with Gasteiger partial charge in [-0.1, -0.05) is 31.0 Å². The Morgan fingerprint density at radius 3 is 2.87 bits per heavy atom. The predicted octanol–water partition coefficient (Wildman–Crippen LogP) is 1.76. The van der Waals surface area contributed by atoms with Crippen molar-refractivity contribution in [2.24, 2.45) is 0 Å². The average molecular weight is 222 g/mol. The van der Waals surface area contributed by atoms with Crippen LogP contribution in [0.25, 0.3) is 0 Å². The third-order valence-electron chi connectivity index (χ3n) is 1.99. The van der Waals surface area contributed by atoms with Gasteiger partial charge in [0, 0.05) is 11.3 Å². The minimum absolute atomic E-state index is 0.0381. The largest absolute Gasteiger partial charge is 0.301 e. The predicted molar refractivity (Wildman–Crippen MR) is 63.1 cm³/mol. The first-order valence-electron chi connectivity index (χ1n) is 4.85. The number of hydrogen-bond donors (Lipinski definition) is 1. The van der Waals surface area contributed by atoms with Crippen molar-refractivity contribution in [3.63, 3.8) is 0 Å². The topological polar surface area (TPSA) is 45.8 Å². The normalized spacial score (nSPS) is 9.93. The second-order valence-corrected chi connectivity index (χ2v) is 4.14. The van der Waals surface area contributed by atoms with Gasteiger partial charge in [0.2, 0.25) is 0 Å². The molecule has 0 aromatic carbocycles. The zero-order chi connectivity index (χ0) is 11.3. The molecule has 1 N–H and O–H groups in total. The molecule has 0 atom stereocenters. The van der Waals surface area contributed by atoms with Gasteiger partial charge in [0.1, 0.15) is 0 Å². The summed E-state index contributed by atoms with van der Waals surface area (Å²) in [6.45, 7) is 3.90. The van der Waals surface area contributed by atoms with E-state index in [0.717, 1.165) is 24.1 Å². The van der Waals surface area contributed by atoms with Crippen molar-refractivity contribution >= 4 is 11.8 Å². The molecule has 4 heteroatoms. The van der Waals surface area contributed by atoms with Crippen molar-refractivity contribution in [1.82, 2.24) is 9.97 Å². The lowest BCUT2D eigenvalue weighted by molar-refractivity contribution is 0.819. The third kappa shape index (κ3) is 3.14. The van der Waals surface area contributed by atoms with Gasteiger partial charge in [0.25, 0.3) is 5.56 Å². The van der Waals surface area contributed by atoms with Crippen LogP contribution in [0.3, 0.4) is 0 Å². The second kappa shape index (κ2) is 5.62. The molecule has 0 unspecified atom stereocenters. The van der Waals surface area contributed by atoms with Gasteiger partial charge in [-0.2, -0.15) is 0 Å². The highest BCUT2D eigenvalue weighted by atomic mass is 32.2. The van der Waals surface area contributed by atoms with E-state index in [1.54, 1.807) is 0 Å². The summed E-state index contributed by atoms with van der Waals surface area (Å²) in [6.07, 6.45) is 6.86. The van der Waals surface area contributed by atoms with Crippen LogP contribution in [0.1, 0.15) is 24.6 Å². The number of terminal acetylenes is 1. The van der Waals surface area contributed by atoms with E-state index < -0.39 is 0 Å². The van der Waals surface area contributed by atoms with Crippen molar-refractivity contribution in [2.45, 2.75) is 31.8 Å². The zero-order valence-electron chi connectivity index (χ0n) is 8.96. The van der Waals surface area contributed by atoms with E-state index in [-0.39, 0.29) is 5.56 Å². The molecule has 0 spiro atoms.